The Hall–Kier alpha value is -4.50. The number of fused-ring (bicyclic) bond motifs is 12. The van der Waals surface area contributed by atoms with E-state index in [4.69, 9.17) is 4.42 Å². The highest BCUT2D eigenvalue weighted by atomic mass is 16.3. The van der Waals surface area contributed by atoms with Crippen molar-refractivity contribution in [3.63, 3.8) is 0 Å². The molecule has 3 nitrogen and oxygen atoms in total. The van der Waals surface area contributed by atoms with E-state index in [1.54, 1.807) is 0 Å². The van der Waals surface area contributed by atoms with Crippen LogP contribution in [0.4, 0.5) is 0 Å². The molecule has 0 fully saturated rings. The Morgan fingerprint density at radius 1 is 0.394 bits per heavy atom. The van der Waals surface area contributed by atoms with E-state index in [0.29, 0.717) is 0 Å². The van der Waals surface area contributed by atoms with Crippen molar-refractivity contribution in [2.75, 3.05) is 0 Å². The monoisotopic (exact) mass is 420 g/mol. The van der Waals surface area contributed by atoms with Crippen LogP contribution in [0.15, 0.2) is 101 Å². The Labute approximate surface area is 186 Å². The zero-order chi connectivity index (χ0) is 21.3. The van der Waals surface area contributed by atoms with Crippen molar-refractivity contribution < 1.29 is 4.42 Å². The van der Waals surface area contributed by atoms with E-state index in [2.05, 4.69) is 100 Å². The Morgan fingerprint density at radius 3 is 1.85 bits per heavy atom. The molecular weight excluding hydrogens is 404 g/mol. The Bertz CT molecular complexity index is 2240. The van der Waals surface area contributed by atoms with Crippen molar-refractivity contribution in [3.05, 3.63) is 97.1 Å². The number of para-hydroxylation sites is 4. The van der Waals surface area contributed by atoms with Crippen LogP contribution in [0.5, 0.6) is 0 Å². The Balaban J connectivity index is 1.73. The minimum Gasteiger partial charge on any atom is -0.456 e. The van der Waals surface area contributed by atoms with E-state index >= 15 is 0 Å². The quantitative estimate of drug-likeness (QED) is 0.227. The third kappa shape index (κ3) is 1.70. The van der Waals surface area contributed by atoms with E-state index in [-0.39, 0.29) is 0 Å². The summed E-state index contributed by atoms with van der Waals surface area (Å²) < 4.78 is 11.1. The van der Waals surface area contributed by atoms with Crippen molar-refractivity contribution in [2.45, 2.75) is 0 Å². The zero-order valence-corrected chi connectivity index (χ0v) is 17.5. The van der Waals surface area contributed by atoms with Gasteiger partial charge < -0.3 is 4.42 Å². The van der Waals surface area contributed by atoms with Crippen LogP contribution < -0.4 is 0 Å². The fraction of sp³-hybridized carbons (Fsp3) is 0. The minimum absolute atomic E-state index is 0.934. The van der Waals surface area contributed by atoms with Gasteiger partial charge in [-0.15, -0.1) is 0 Å². The van der Waals surface area contributed by atoms with E-state index in [9.17, 15) is 0 Å². The number of furan rings is 1. The molecule has 0 saturated carbocycles. The molecule has 0 aliphatic rings. The molecule has 3 heteroatoms. The molecule has 0 saturated heterocycles. The van der Waals surface area contributed by atoms with Gasteiger partial charge in [0.05, 0.1) is 22.1 Å². The van der Waals surface area contributed by atoms with Crippen LogP contribution in [0.2, 0.25) is 0 Å². The smallest absolute Gasteiger partial charge is 0.136 e. The molecular formula is C30H16N2O. The first-order valence-electron chi connectivity index (χ1n) is 11.3. The summed E-state index contributed by atoms with van der Waals surface area (Å²) >= 11 is 0. The average molecular weight is 420 g/mol. The molecule has 152 valence electrons. The van der Waals surface area contributed by atoms with Crippen molar-refractivity contribution in [1.29, 1.82) is 0 Å². The maximum absolute atomic E-state index is 6.26. The highest BCUT2D eigenvalue weighted by molar-refractivity contribution is 6.31. The van der Waals surface area contributed by atoms with Gasteiger partial charge in [0.1, 0.15) is 11.2 Å². The van der Waals surface area contributed by atoms with Gasteiger partial charge in [-0.3, -0.25) is 0 Å². The SMILES string of the molecule is c1ccc2c(c1)oc1ccc3c(c4cccc5c6cccc7c8ccccc8n(c76)n3c54)c12. The summed E-state index contributed by atoms with van der Waals surface area (Å²) in [5.74, 6) is 0. The maximum atomic E-state index is 6.26. The molecule has 0 amide bonds. The number of benzene rings is 5. The van der Waals surface area contributed by atoms with Crippen molar-refractivity contribution in [2.24, 2.45) is 0 Å². The van der Waals surface area contributed by atoms with Crippen LogP contribution in [0.25, 0.3) is 76.3 Å². The van der Waals surface area contributed by atoms with Gasteiger partial charge >= 0.3 is 0 Å². The zero-order valence-electron chi connectivity index (χ0n) is 17.5. The van der Waals surface area contributed by atoms with Gasteiger partial charge in [-0.05, 0) is 24.3 Å². The molecule has 5 aromatic carbocycles. The van der Waals surface area contributed by atoms with Crippen molar-refractivity contribution in [1.82, 2.24) is 9.03 Å². The molecule has 0 unspecified atom stereocenters. The largest absolute Gasteiger partial charge is 0.456 e. The molecule has 4 aromatic heterocycles. The van der Waals surface area contributed by atoms with Crippen LogP contribution in [-0.2, 0) is 0 Å². The molecule has 0 atom stereocenters. The van der Waals surface area contributed by atoms with E-state index in [1.807, 2.05) is 6.07 Å². The summed E-state index contributed by atoms with van der Waals surface area (Å²) in [6, 6.07) is 34.9. The highest BCUT2D eigenvalue weighted by Crippen LogP contribution is 2.44. The molecule has 0 N–H and O–H groups in total. The summed E-state index contributed by atoms with van der Waals surface area (Å²) in [5.41, 5.74) is 6.83. The molecule has 0 radical (unpaired) electrons. The van der Waals surface area contributed by atoms with E-state index in [1.165, 1.54) is 65.2 Å². The highest BCUT2D eigenvalue weighted by Gasteiger charge is 2.22. The third-order valence-electron chi connectivity index (χ3n) is 7.43. The standard InChI is InChI=1S/C30H16N2O/c1-3-13-23-17(7-1)18-9-5-10-19-20-11-6-12-22-27-24(32(30(20)22)31(23)29(18)19)15-16-26-28(27)21-8-2-4-14-25(21)33-26/h1-16H. The van der Waals surface area contributed by atoms with Crippen LogP contribution in [-0.4, -0.2) is 9.03 Å². The number of rotatable bonds is 0. The topological polar surface area (TPSA) is 22.0 Å². The van der Waals surface area contributed by atoms with Gasteiger partial charge in [0.15, 0.2) is 0 Å². The predicted molar refractivity (Wildman–Crippen MR) is 137 cm³/mol. The summed E-state index contributed by atoms with van der Waals surface area (Å²) in [7, 11) is 0. The van der Waals surface area contributed by atoms with Crippen LogP contribution in [0.3, 0.4) is 0 Å². The molecule has 9 rings (SSSR count). The second kappa shape index (κ2) is 5.28. The van der Waals surface area contributed by atoms with Crippen LogP contribution in [0.1, 0.15) is 0 Å². The molecule has 0 spiro atoms. The van der Waals surface area contributed by atoms with E-state index in [0.717, 1.165) is 11.2 Å². The number of aromatic nitrogens is 2. The van der Waals surface area contributed by atoms with Gasteiger partial charge in [-0.2, -0.15) is 0 Å². The molecule has 0 aliphatic carbocycles. The number of nitrogens with zero attached hydrogens (tertiary/aromatic N) is 2. The van der Waals surface area contributed by atoms with Gasteiger partial charge in [0.25, 0.3) is 0 Å². The van der Waals surface area contributed by atoms with Crippen molar-refractivity contribution in [3.8, 4) is 0 Å². The lowest BCUT2D eigenvalue weighted by Gasteiger charge is -2.11. The van der Waals surface area contributed by atoms with Crippen LogP contribution >= 0.6 is 0 Å². The third-order valence-corrected chi connectivity index (χ3v) is 7.43. The number of hydrogen-bond acceptors (Lipinski definition) is 1. The Kier molecular flexibility index (Phi) is 2.59. The summed E-state index contributed by atoms with van der Waals surface area (Å²) in [6.45, 7) is 0. The van der Waals surface area contributed by atoms with E-state index < -0.39 is 0 Å². The summed E-state index contributed by atoms with van der Waals surface area (Å²) in [6.07, 6.45) is 0. The molecule has 33 heavy (non-hydrogen) atoms. The second-order valence-electron chi connectivity index (χ2n) is 8.98. The average Bonchev–Trinajstić information content (AvgIpc) is 3.51. The fourth-order valence-corrected chi connectivity index (χ4v) is 6.19. The predicted octanol–water partition coefficient (Wildman–Crippen LogP) is 8.14. The number of hydrogen-bond donors (Lipinski definition) is 0. The Morgan fingerprint density at radius 2 is 1.00 bits per heavy atom. The summed E-state index contributed by atoms with van der Waals surface area (Å²) in [5, 5.41) is 10.0. The molecule has 9 aromatic rings. The van der Waals surface area contributed by atoms with Gasteiger partial charge in [-0.1, -0.05) is 72.8 Å². The first-order chi connectivity index (χ1) is 16.4. The first kappa shape index (κ1) is 16.2. The van der Waals surface area contributed by atoms with Crippen LogP contribution in [0, 0.1) is 0 Å². The first-order valence-corrected chi connectivity index (χ1v) is 11.3. The van der Waals surface area contributed by atoms with Gasteiger partial charge in [-0.25, -0.2) is 9.03 Å². The van der Waals surface area contributed by atoms with Crippen molar-refractivity contribution >= 4 is 76.3 Å². The minimum atomic E-state index is 0.934. The fourth-order valence-electron chi connectivity index (χ4n) is 6.19. The second-order valence-corrected chi connectivity index (χ2v) is 8.98. The maximum Gasteiger partial charge on any atom is 0.136 e. The molecule has 0 bridgehead atoms. The molecule has 0 aliphatic heterocycles. The lowest BCUT2D eigenvalue weighted by atomic mass is 10.0. The normalized spacial score (nSPS) is 12.8. The molecule has 4 heterocycles. The summed E-state index contributed by atoms with van der Waals surface area (Å²) in [4.78, 5) is 0. The lowest BCUT2D eigenvalue weighted by molar-refractivity contribution is 0.669. The lowest BCUT2D eigenvalue weighted by Crippen LogP contribution is -2.01. The van der Waals surface area contributed by atoms with Gasteiger partial charge in [0.2, 0.25) is 0 Å². The van der Waals surface area contributed by atoms with Gasteiger partial charge in [0, 0.05) is 43.1 Å².